The predicted molar refractivity (Wildman–Crippen MR) is 72.7 cm³/mol. The van der Waals surface area contributed by atoms with Crippen LogP contribution in [0.15, 0.2) is 6.20 Å². The van der Waals surface area contributed by atoms with Crippen LogP contribution in [0.4, 0.5) is 0 Å². The lowest BCUT2D eigenvalue weighted by molar-refractivity contribution is 0.554. The highest BCUT2D eigenvalue weighted by atomic mass is 32.1. The first-order valence-corrected chi connectivity index (χ1v) is 6.97. The van der Waals surface area contributed by atoms with Crippen LogP contribution in [0.3, 0.4) is 0 Å². The summed E-state index contributed by atoms with van der Waals surface area (Å²) in [5, 5.41) is 12.6. The Morgan fingerprint density at radius 2 is 2.22 bits per heavy atom. The number of hydrogen-bond acceptors (Lipinski definition) is 5. The first kappa shape index (κ1) is 13.2. The normalized spacial score (nSPS) is 12.9. The summed E-state index contributed by atoms with van der Waals surface area (Å²) in [5.74, 6) is 0. The van der Waals surface area contributed by atoms with Gasteiger partial charge in [0.15, 0.2) is 0 Å². The summed E-state index contributed by atoms with van der Waals surface area (Å²) in [7, 11) is 1.92. The Kier molecular flexibility index (Phi) is 4.08. The molecule has 0 spiro atoms. The van der Waals surface area contributed by atoms with Crippen molar-refractivity contribution in [2.75, 3.05) is 6.54 Å². The summed E-state index contributed by atoms with van der Waals surface area (Å²) in [6.07, 6.45) is 2.92. The average Bonchev–Trinajstić information content (AvgIpc) is 2.87. The van der Waals surface area contributed by atoms with Gasteiger partial charge in [0.1, 0.15) is 0 Å². The molecule has 0 amide bonds. The van der Waals surface area contributed by atoms with Crippen LogP contribution in [0, 0.1) is 13.8 Å². The molecule has 0 aromatic carbocycles. The van der Waals surface area contributed by atoms with E-state index in [9.17, 15) is 0 Å². The molecule has 0 radical (unpaired) electrons. The Morgan fingerprint density at radius 3 is 2.72 bits per heavy atom. The molecule has 1 unspecified atom stereocenters. The highest BCUT2D eigenvalue weighted by molar-refractivity contribution is 7.11. The number of rotatable bonds is 5. The molecule has 1 atom stereocenters. The van der Waals surface area contributed by atoms with Crippen molar-refractivity contribution >= 4 is 11.3 Å². The number of aryl methyl sites for hydroxylation is 3. The third-order valence-corrected chi connectivity index (χ3v) is 3.98. The van der Waals surface area contributed by atoms with Crippen LogP contribution in [0.1, 0.15) is 40.7 Å². The summed E-state index contributed by atoms with van der Waals surface area (Å²) < 4.78 is 1.82. The summed E-state index contributed by atoms with van der Waals surface area (Å²) in [6.45, 7) is 7.23. The minimum absolute atomic E-state index is 0.135. The minimum atomic E-state index is 0.135. The predicted octanol–water partition coefficient (Wildman–Crippen LogP) is 1.98. The van der Waals surface area contributed by atoms with Crippen LogP contribution in [0.5, 0.6) is 0 Å². The van der Waals surface area contributed by atoms with E-state index in [2.05, 4.69) is 34.5 Å². The third kappa shape index (κ3) is 2.59. The second kappa shape index (κ2) is 5.58. The quantitative estimate of drug-likeness (QED) is 0.898. The molecule has 1 N–H and O–H groups in total. The zero-order valence-electron chi connectivity index (χ0n) is 11.3. The zero-order valence-corrected chi connectivity index (χ0v) is 12.1. The second-order valence-electron chi connectivity index (χ2n) is 4.35. The Hall–Kier alpha value is -1.27. The van der Waals surface area contributed by atoms with E-state index in [0.717, 1.165) is 29.4 Å². The van der Waals surface area contributed by atoms with Crippen LogP contribution < -0.4 is 5.32 Å². The molecule has 2 aromatic rings. The lowest BCUT2D eigenvalue weighted by atomic mass is 10.1. The van der Waals surface area contributed by atoms with E-state index in [1.165, 1.54) is 4.88 Å². The fourth-order valence-electron chi connectivity index (χ4n) is 1.99. The molecule has 0 fully saturated rings. The fraction of sp³-hybridized carbons (Fsp3) is 0.583. The van der Waals surface area contributed by atoms with Gasteiger partial charge < -0.3 is 5.32 Å². The Bertz CT molecular complexity index is 516. The van der Waals surface area contributed by atoms with E-state index < -0.39 is 0 Å². The van der Waals surface area contributed by atoms with Crippen molar-refractivity contribution in [1.29, 1.82) is 0 Å². The maximum absolute atomic E-state index is 4.51. The van der Waals surface area contributed by atoms with Crippen molar-refractivity contribution < 1.29 is 0 Å². The molecule has 2 heterocycles. The fourth-order valence-corrected chi connectivity index (χ4v) is 3.01. The van der Waals surface area contributed by atoms with Crippen molar-refractivity contribution in [3.8, 4) is 0 Å². The van der Waals surface area contributed by atoms with Gasteiger partial charge in [-0.15, -0.1) is 16.4 Å². The van der Waals surface area contributed by atoms with E-state index >= 15 is 0 Å². The van der Waals surface area contributed by atoms with Gasteiger partial charge in [-0.05, 0) is 26.8 Å². The molecular weight excluding hydrogens is 246 g/mol. The van der Waals surface area contributed by atoms with Crippen molar-refractivity contribution in [1.82, 2.24) is 25.3 Å². The number of aromatic nitrogens is 4. The van der Waals surface area contributed by atoms with Crippen molar-refractivity contribution in [2.45, 2.75) is 33.2 Å². The molecule has 0 saturated heterocycles. The van der Waals surface area contributed by atoms with Gasteiger partial charge in [0.05, 0.1) is 33.5 Å². The summed E-state index contributed by atoms with van der Waals surface area (Å²) in [4.78, 5) is 5.76. The minimum Gasteiger partial charge on any atom is -0.304 e. The van der Waals surface area contributed by atoms with E-state index in [1.807, 2.05) is 24.9 Å². The maximum Gasteiger partial charge on any atom is 0.0900 e. The first-order chi connectivity index (χ1) is 8.63. The van der Waals surface area contributed by atoms with Crippen molar-refractivity contribution in [3.63, 3.8) is 0 Å². The van der Waals surface area contributed by atoms with Crippen LogP contribution in [0.2, 0.25) is 0 Å². The van der Waals surface area contributed by atoms with Gasteiger partial charge >= 0.3 is 0 Å². The lowest BCUT2D eigenvalue weighted by Crippen LogP contribution is -2.25. The molecule has 0 bridgehead atoms. The number of nitrogens with one attached hydrogen (secondary N) is 1. The second-order valence-corrected chi connectivity index (χ2v) is 5.59. The van der Waals surface area contributed by atoms with Gasteiger partial charge in [0.2, 0.25) is 0 Å². The van der Waals surface area contributed by atoms with Crippen LogP contribution in [-0.2, 0) is 7.05 Å². The molecule has 2 rings (SSSR count). The summed E-state index contributed by atoms with van der Waals surface area (Å²) >= 11 is 1.74. The van der Waals surface area contributed by atoms with Gasteiger partial charge in [-0.2, -0.15) is 0 Å². The Labute approximate surface area is 111 Å². The van der Waals surface area contributed by atoms with E-state index in [-0.39, 0.29) is 6.04 Å². The lowest BCUT2D eigenvalue weighted by Gasteiger charge is -2.17. The highest BCUT2D eigenvalue weighted by Gasteiger charge is 2.21. The molecule has 6 heteroatoms. The van der Waals surface area contributed by atoms with Crippen molar-refractivity contribution in [3.05, 3.63) is 27.5 Å². The molecular formula is C12H19N5S. The van der Waals surface area contributed by atoms with Gasteiger partial charge in [-0.1, -0.05) is 12.1 Å². The Balaban J connectivity index is 2.37. The van der Waals surface area contributed by atoms with Crippen LogP contribution >= 0.6 is 11.3 Å². The standard InChI is InChI=1S/C12H19N5S/c1-5-6-13-11(10-7-14-16-17(10)4)12-8(2)15-9(3)18-12/h7,11,13H,5-6H2,1-4H3. The number of thiazole rings is 1. The molecule has 18 heavy (non-hydrogen) atoms. The largest absolute Gasteiger partial charge is 0.304 e. The molecule has 0 aliphatic rings. The van der Waals surface area contributed by atoms with Gasteiger partial charge in [0, 0.05) is 7.05 Å². The van der Waals surface area contributed by atoms with Gasteiger partial charge in [-0.3, -0.25) is 4.68 Å². The van der Waals surface area contributed by atoms with Crippen LogP contribution in [0.25, 0.3) is 0 Å². The number of hydrogen-bond donors (Lipinski definition) is 1. The average molecular weight is 265 g/mol. The monoisotopic (exact) mass is 265 g/mol. The highest BCUT2D eigenvalue weighted by Crippen LogP contribution is 2.29. The SMILES string of the molecule is CCCNC(c1sc(C)nc1C)c1cnnn1C. The smallest absolute Gasteiger partial charge is 0.0900 e. The summed E-state index contributed by atoms with van der Waals surface area (Å²) in [5.41, 5.74) is 2.17. The summed E-state index contributed by atoms with van der Waals surface area (Å²) in [6, 6.07) is 0.135. The van der Waals surface area contributed by atoms with Crippen LogP contribution in [-0.4, -0.2) is 26.5 Å². The zero-order chi connectivity index (χ0) is 13.1. The topological polar surface area (TPSA) is 55.6 Å². The third-order valence-electron chi connectivity index (χ3n) is 2.85. The van der Waals surface area contributed by atoms with E-state index in [4.69, 9.17) is 0 Å². The molecule has 2 aromatic heterocycles. The molecule has 0 saturated carbocycles. The van der Waals surface area contributed by atoms with Gasteiger partial charge in [-0.25, -0.2) is 4.98 Å². The molecule has 0 aliphatic carbocycles. The van der Waals surface area contributed by atoms with Gasteiger partial charge in [0.25, 0.3) is 0 Å². The number of nitrogens with zero attached hydrogens (tertiary/aromatic N) is 4. The van der Waals surface area contributed by atoms with E-state index in [1.54, 1.807) is 11.3 Å². The molecule has 5 nitrogen and oxygen atoms in total. The molecule has 0 aliphatic heterocycles. The van der Waals surface area contributed by atoms with Crippen molar-refractivity contribution in [2.24, 2.45) is 7.05 Å². The maximum atomic E-state index is 4.51. The Morgan fingerprint density at radius 1 is 1.44 bits per heavy atom. The van der Waals surface area contributed by atoms with E-state index in [0.29, 0.717) is 0 Å². The molecule has 98 valence electrons. The first-order valence-electron chi connectivity index (χ1n) is 6.15.